The van der Waals surface area contributed by atoms with E-state index in [0.29, 0.717) is 25.3 Å². The standard InChI is InChI=1S/C14H24N2O2/c1-3-14(2)13(18)16(9-8-12(17)15-14)10-11-6-4-5-7-11/h11H,3-10H2,1-2H3,(H,15,17). The summed E-state index contributed by atoms with van der Waals surface area (Å²) < 4.78 is 0. The van der Waals surface area contributed by atoms with E-state index in [1.165, 1.54) is 25.7 Å². The molecular formula is C14H24N2O2. The highest BCUT2D eigenvalue weighted by Gasteiger charge is 2.39. The molecule has 1 saturated carbocycles. The van der Waals surface area contributed by atoms with E-state index in [0.717, 1.165) is 6.54 Å². The predicted octanol–water partition coefficient (Wildman–Crippen LogP) is 1.69. The second kappa shape index (κ2) is 5.29. The molecule has 1 aliphatic heterocycles. The summed E-state index contributed by atoms with van der Waals surface area (Å²) in [5, 5.41) is 2.88. The lowest BCUT2D eigenvalue weighted by Gasteiger charge is -2.32. The van der Waals surface area contributed by atoms with E-state index in [1.54, 1.807) is 0 Å². The van der Waals surface area contributed by atoms with Gasteiger partial charge in [0, 0.05) is 19.5 Å². The first-order valence-corrected chi connectivity index (χ1v) is 7.15. The Morgan fingerprint density at radius 3 is 2.61 bits per heavy atom. The summed E-state index contributed by atoms with van der Waals surface area (Å²) >= 11 is 0. The van der Waals surface area contributed by atoms with Crippen molar-refractivity contribution in [2.45, 2.75) is 57.9 Å². The molecule has 0 spiro atoms. The Kier molecular flexibility index (Phi) is 3.93. The number of rotatable bonds is 3. The molecule has 0 aromatic heterocycles. The zero-order valence-corrected chi connectivity index (χ0v) is 11.5. The van der Waals surface area contributed by atoms with E-state index in [4.69, 9.17) is 0 Å². The van der Waals surface area contributed by atoms with Gasteiger partial charge < -0.3 is 10.2 Å². The summed E-state index contributed by atoms with van der Waals surface area (Å²) in [6.07, 6.45) is 6.12. The van der Waals surface area contributed by atoms with Gasteiger partial charge in [0.05, 0.1) is 0 Å². The van der Waals surface area contributed by atoms with Crippen LogP contribution >= 0.6 is 0 Å². The SMILES string of the molecule is CCC1(C)NC(=O)CCN(CC2CCCC2)C1=O. The van der Waals surface area contributed by atoms with Gasteiger partial charge in [-0.25, -0.2) is 0 Å². The number of nitrogens with zero attached hydrogens (tertiary/aromatic N) is 1. The molecule has 2 amide bonds. The van der Waals surface area contributed by atoms with Gasteiger partial charge in [0.25, 0.3) is 0 Å². The third-order valence-electron chi connectivity index (χ3n) is 4.44. The normalized spacial score (nSPS) is 30.4. The van der Waals surface area contributed by atoms with Crippen LogP contribution < -0.4 is 5.32 Å². The molecule has 2 fully saturated rings. The highest BCUT2D eigenvalue weighted by atomic mass is 16.2. The van der Waals surface area contributed by atoms with Crippen molar-refractivity contribution < 1.29 is 9.59 Å². The van der Waals surface area contributed by atoms with Gasteiger partial charge in [0.2, 0.25) is 11.8 Å². The molecule has 1 saturated heterocycles. The zero-order chi connectivity index (χ0) is 13.2. The minimum atomic E-state index is -0.702. The molecule has 2 rings (SSSR count). The largest absolute Gasteiger partial charge is 0.342 e. The third-order valence-corrected chi connectivity index (χ3v) is 4.44. The van der Waals surface area contributed by atoms with E-state index >= 15 is 0 Å². The molecule has 0 aromatic carbocycles. The van der Waals surface area contributed by atoms with Crippen LogP contribution in [0.15, 0.2) is 0 Å². The molecule has 0 radical (unpaired) electrons. The maximum absolute atomic E-state index is 12.5. The molecule has 2 aliphatic rings. The third kappa shape index (κ3) is 2.68. The number of hydrogen-bond acceptors (Lipinski definition) is 2. The number of amides is 2. The average molecular weight is 252 g/mol. The van der Waals surface area contributed by atoms with Crippen LogP contribution in [0.25, 0.3) is 0 Å². The second-order valence-electron chi connectivity index (χ2n) is 5.89. The number of hydrogen-bond donors (Lipinski definition) is 1. The van der Waals surface area contributed by atoms with E-state index in [2.05, 4.69) is 5.32 Å². The van der Waals surface area contributed by atoms with Crippen molar-refractivity contribution in [2.75, 3.05) is 13.1 Å². The van der Waals surface area contributed by atoms with Crippen LogP contribution in [0.2, 0.25) is 0 Å². The van der Waals surface area contributed by atoms with Crippen LogP contribution in [-0.4, -0.2) is 35.3 Å². The monoisotopic (exact) mass is 252 g/mol. The van der Waals surface area contributed by atoms with Crippen LogP contribution in [0.3, 0.4) is 0 Å². The number of carbonyl (C=O) groups excluding carboxylic acids is 2. The fraction of sp³-hybridized carbons (Fsp3) is 0.857. The first-order valence-electron chi connectivity index (χ1n) is 7.15. The Bertz CT molecular complexity index is 337. The van der Waals surface area contributed by atoms with Crippen molar-refractivity contribution in [2.24, 2.45) is 5.92 Å². The van der Waals surface area contributed by atoms with E-state index in [-0.39, 0.29) is 11.8 Å². The lowest BCUT2D eigenvalue weighted by Crippen LogP contribution is -2.55. The van der Waals surface area contributed by atoms with Gasteiger partial charge in [0.15, 0.2) is 0 Å². The smallest absolute Gasteiger partial charge is 0.248 e. The van der Waals surface area contributed by atoms with E-state index in [9.17, 15) is 9.59 Å². The molecule has 1 unspecified atom stereocenters. The van der Waals surface area contributed by atoms with Gasteiger partial charge in [0.1, 0.15) is 5.54 Å². The summed E-state index contributed by atoms with van der Waals surface area (Å²) in [7, 11) is 0. The van der Waals surface area contributed by atoms with Crippen LogP contribution in [0.4, 0.5) is 0 Å². The Morgan fingerprint density at radius 1 is 1.33 bits per heavy atom. The average Bonchev–Trinajstić information content (AvgIpc) is 2.82. The van der Waals surface area contributed by atoms with Crippen molar-refractivity contribution in [3.05, 3.63) is 0 Å². The lowest BCUT2D eigenvalue weighted by atomic mass is 9.96. The van der Waals surface area contributed by atoms with Gasteiger partial charge in [-0.2, -0.15) is 0 Å². The fourth-order valence-electron chi connectivity index (χ4n) is 3.03. The Morgan fingerprint density at radius 2 is 2.00 bits per heavy atom. The van der Waals surface area contributed by atoms with E-state index in [1.807, 2.05) is 18.7 Å². The van der Waals surface area contributed by atoms with Crippen molar-refractivity contribution in [3.8, 4) is 0 Å². The molecule has 1 atom stereocenters. The van der Waals surface area contributed by atoms with Gasteiger partial charge in [-0.15, -0.1) is 0 Å². The van der Waals surface area contributed by atoms with Gasteiger partial charge >= 0.3 is 0 Å². The van der Waals surface area contributed by atoms with Crippen LogP contribution in [0.5, 0.6) is 0 Å². The Balaban J connectivity index is 2.08. The Labute approximate surface area is 109 Å². The first kappa shape index (κ1) is 13.4. The minimum absolute atomic E-state index is 0.00150. The molecule has 102 valence electrons. The van der Waals surface area contributed by atoms with Crippen LogP contribution in [0, 0.1) is 5.92 Å². The summed E-state index contributed by atoms with van der Waals surface area (Å²) in [5.74, 6) is 0.743. The predicted molar refractivity (Wildman–Crippen MR) is 70.0 cm³/mol. The minimum Gasteiger partial charge on any atom is -0.342 e. The first-order chi connectivity index (χ1) is 8.55. The highest BCUT2D eigenvalue weighted by molar-refractivity contribution is 5.93. The summed E-state index contributed by atoms with van der Waals surface area (Å²) in [5.41, 5.74) is -0.702. The Hall–Kier alpha value is -1.06. The number of carbonyl (C=O) groups is 2. The van der Waals surface area contributed by atoms with Crippen molar-refractivity contribution >= 4 is 11.8 Å². The molecule has 0 aromatic rings. The molecule has 4 nitrogen and oxygen atoms in total. The molecule has 18 heavy (non-hydrogen) atoms. The van der Waals surface area contributed by atoms with Gasteiger partial charge in [-0.05, 0) is 32.1 Å². The van der Waals surface area contributed by atoms with Crippen LogP contribution in [-0.2, 0) is 9.59 Å². The maximum atomic E-state index is 12.5. The summed E-state index contributed by atoms with van der Waals surface area (Å²) in [6.45, 7) is 5.22. The molecule has 4 heteroatoms. The topological polar surface area (TPSA) is 49.4 Å². The van der Waals surface area contributed by atoms with Gasteiger partial charge in [-0.1, -0.05) is 19.8 Å². The number of nitrogens with one attached hydrogen (secondary N) is 1. The van der Waals surface area contributed by atoms with Gasteiger partial charge in [-0.3, -0.25) is 9.59 Å². The van der Waals surface area contributed by atoms with Crippen molar-refractivity contribution in [3.63, 3.8) is 0 Å². The molecule has 1 N–H and O–H groups in total. The van der Waals surface area contributed by atoms with Crippen molar-refractivity contribution in [1.82, 2.24) is 10.2 Å². The zero-order valence-electron chi connectivity index (χ0n) is 11.5. The van der Waals surface area contributed by atoms with E-state index < -0.39 is 5.54 Å². The lowest BCUT2D eigenvalue weighted by molar-refractivity contribution is -0.138. The quantitative estimate of drug-likeness (QED) is 0.831. The molecular weight excluding hydrogens is 228 g/mol. The molecule has 1 aliphatic carbocycles. The van der Waals surface area contributed by atoms with Crippen molar-refractivity contribution in [1.29, 1.82) is 0 Å². The molecule has 1 heterocycles. The summed E-state index contributed by atoms with van der Waals surface area (Å²) in [4.78, 5) is 26.2. The fourth-order valence-corrected chi connectivity index (χ4v) is 3.03. The second-order valence-corrected chi connectivity index (χ2v) is 5.89. The van der Waals surface area contributed by atoms with Crippen LogP contribution in [0.1, 0.15) is 52.4 Å². The maximum Gasteiger partial charge on any atom is 0.248 e. The highest BCUT2D eigenvalue weighted by Crippen LogP contribution is 2.27. The summed E-state index contributed by atoms with van der Waals surface area (Å²) in [6, 6.07) is 0. The molecule has 0 bridgehead atoms.